The van der Waals surface area contributed by atoms with Crippen molar-refractivity contribution in [3.05, 3.63) is 64.9 Å². The fourth-order valence-corrected chi connectivity index (χ4v) is 3.26. The molecule has 0 spiro atoms. The first-order valence-corrected chi connectivity index (χ1v) is 8.76. The number of sulfone groups is 1. The van der Waals surface area contributed by atoms with Crippen LogP contribution in [0.2, 0.25) is 5.02 Å². The van der Waals surface area contributed by atoms with Gasteiger partial charge in [-0.1, -0.05) is 29.8 Å². The van der Waals surface area contributed by atoms with Crippen LogP contribution in [0, 0.1) is 0 Å². The largest absolute Gasteiger partial charge is 0.350 e. The van der Waals surface area contributed by atoms with E-state index in [0.29, 0.717) is 16.3 Å². The molecule has 5 nitrogen and oxygen atoms in total. The summed E-state index contributed by atoms with van der Waals surface area (Å²) < 4.78 is 24.0. The highest BCUT2D eigenvalue weighted by atomic mass is 35.5. The molecule has 0 saturated carbocycles. The third kappa shape index (κ3) is 5.46. The smallest absolute Gasteiger partial charge is 0.235 e. The van der Waals surface area contributed by atoms with Gasteiger partial charge in [-0.25, -0.2) is 8.42 Å². The predicted molar refractivity (Wildman–Crippen MR) is 85.0 cm³/mol. The molecule has 0 radical (unpaired) electrons. The second-order valence-electron chi connectivity index (χ2n) is 4.76. The molecule has 1 amide bonds. The van der Waals surface area contributed by atoms with E-state index in [-0.39, 0.29) is 12.3 Å². The lowest BCUT2D eigenvalue weighted by Crippen LogP contribution is -2.30. The summed E-state index contributed by atoms with van der Waals surface area (Å²) in [6.07, 6.45) is 1.61. The number of hydrogen-bond acceptors (Lipinski definition) is 4. The number of halogens is 1. The molecule has 7 heteroatoms. The standard InChI is InChI=1S/C15H15ClN2O3S/c16-13-6-4-12(5-7-13)10-22(20,21)11-15(19)18-9-14-3-1-2-8-17-14/h1-8H,9-11H2,(H,18,19). The number of pyridine rings is 1. The minimum Gasteiger partial charge on any atom is -0.350 e. The van der Waals surface area contributed by atoms with E-state index in [4.69, 9.17) is 11.6 Å². The van der Waals surface area contributed by atoms with Crippen molar-refractivity contribution in [3.8, 4) is 0 Å². The van der Waals surface area contributed by atoms with Gasteiger partial charge in [-0.15, -0.1) is 0 Å². The van der Waals surface area contributed by atoms with Crippen LogP contribution >= 0.6 is 11.6 Å². The third-order valence-corrected chi connectivity index (χ3v) is 4.57. The maximum atomic E-state index is 12.0. The Morgan fingerprint density at radius 3 is 2.50 bits per heavy atom. The number of carbonyl (C=O) groups is 1. The van der Waals surface area contributed by atoms with E-state index in [0.717, 1.165) is 0 Å². The van der Waals surface area contributed by atoms with Crippen molar-refractivity contribution in [2.75, 3.05) is 5.75 Å². The Morgan fingerprint density at radius 2 is 1.86 bits per heavy atom. The lowest BCUT2D eigenvalue weighted by atomic mass is 10.2. The zero-order valence-electron chi connectivity index (χ0n) is 11.7. The van der Waals surface area contributed by atoms with Gasteiger partial charge in [0, 0.05) is 11.2 Å². The molecule has 0 aliphatic rings. The van der Waals surface area contributed by atoms with E-state index >= 15 is 0 Å². The van der Waals surface area contributed by atoms with Crippen LogP contribution in [0.25, 0.3) is 0 Å². The number of carbonyl (C=O) groups excluding carboxylic acids is 1. The van der Waals surface area contributed by atoms with Crippen molar-refractivity contribution >= 4 is 27.3 Å². The number of rotatable bonds is 6. The second kappa shape index (κ2) is 7.38. The Bertz CT molecular complexity index is 731. The molecular weight excluding hydrogens is 324 g/mol. The van der Waals surface area contributed by atoms with E-state index in [1.165, 1.54) is 0 Å². The van der Waals surface area contributed by atoms with Gasteiger partial charge in [0.15, 0.2) is 9.84 Å². The SMILES string of the molecule is O=C(CS(=O)(=O)Cc1ccc(Cl)cc1)NCc1ccccn1. The average Bonchev–Trinajstić information content (AvgIpc) is 2.48. The van der Waals surface area contributed by atoms with Crippen molar-refractivity contribution in [3.63, 3.8) is 0 Å². The van der Waals surface area contributed by atoms with E-state index in [2.05, 4.69) is 10.3 Å². The molecule has 2 rings (SSSR count). The lowest BCUT2D eigenvalue weighted by molar-refractivity contribution is -0.118. The Kier molecular flexibility index (Phi) is 5.51. The summed E-state index contributed by atoms with van der Waals surface area (Å²) in [7, 11) is -3.53. The van der Waals surface area contributed by atoms with Crippen LogP contribution in [-0.2, 0) is 26.9 Å². The zero-order valence-corrected chi connectivity index (χ0v) is 13.3. The van der Waals surface area contributed by atoms with Crippen molar-refractivity contribution in [1.29, 1.82) is 0 Å². The van der Waals surface area contributed by atoms with Crippen LogP contribution in [0.3, 0.4) is 0 Å². The molecule has 0 fully saturated rings. The third-order valence-electron chi connectivity index (χ3n) is 2.84. The van der Waals surface area contributed by atoms with Crippen LogP contribution in [0.1, 0.15) is 11.3 Å². The topological polar surface area (TPSA) is 76.1 Å². The number of nitrogens with zero attached hydrogens (tertiary/aromatic N) is 1. The van der Waals surface area contributed by atoms with Gasteiger partial charge < -0.3 is 5.32 Å². The molecule has 0 bridgehead atoms. The van der Waals surface area contributed by atoms with Crippen LogP contribution in [-0.4, -0.2) is 25.1 Å². The van der Waals surface area contributed by atoms with Gasteiger partial charge in [-0.2, -0.15) is 0 Å². The number of hydrogen-bond donors (Lipinski definition) is 1. The highest BCUT2D eigenvalue weighted by Crippen LogP contribution is 2.12. The fourth-order valence-electron chi connectivity index (χ4n) is 1.83. The fraction of sp³-hybridized carbons (Fsp3) is 0.200. The molecule has 22 heavy (non-hydrogen) atoms. The van der Waals surface area contributed by atoms with Crippen molar-refractivity contribution in [2.45, 2.75) is 12.3 Å². The van der Waals surface area contributed by atoms with Gasteiger partial charge in [0.2, 0.25) is 5.91 Å². The lowest BCUT2D eigenvalue weighted by Gasteiger charge is -2.06. The summed E-state index contributed by atoms with van der Waals surface area (Å²) in [6, 6.07) is 11.8. The molecule has 116 valence electrons. The first-order valence-electron chi connectivity index (χ1n) is 6.56. The molecule has 1 aromatic heterocycles. The maximum absolute atomic E-state index is 12.0. The Balaban J connectivity index is 1.88. The molecule has 0 atom stereocenters. The zero-order chi connectivity index (χ0) is 16.0. The van der Waals surface area contributed by atoms with Crippen LogP contribution in [0.15, 0.2) is 48.7 Å². The first kappa shape index (κ1) is 16.5. The van der Waals surface area contributed by atoms with Gasteiger partial charge in [-0.3, -0.25) is 9.78 Å². The van der Waals surface area contributed by atoms with Crippen molar-refractivity contribution < 1.29 is 13.2 Å². The number of amides is 1. The van der Waals surface area contributed by atoms with Crippen LogP contribution < -0.4 is 5.32 Å². The highest BCUT2D eigenvalue weighted by Gasteiger charge is 2.17. The van der Waals surface area contributed by atoms with Gasteiger partial charge >= 0.3 is 0 Å². The molecule has 0 unspecified atom stereocenters. The average molecular weight is 339 g/mol. The summed E-state index contributed by atoms with van der Waals surface area (Å²) in [4.78, 5) is 15.8. The van der Waals surface area contributed by atoms with Gasteiger partial charge in [0.05, 0.1) is 18.0 Å². The molecule has 0 aliphatic heterocycles. The predicted octanol–water partition coefficient (Wildman–Crippen LogP) is 1.97. The Hall–Kier alpha value is -1.92. The quantitative estimate of drug-likeness (QED) is 0.873. The van der Waals surface area contributed by atoms with E-state index in [9.17, 15) is 13.2 Å². The minimum absolute atomic E-state index is 0.193. The summed E-state index contributed by atoms with van der Waals surface area (Å²) in [5, 5.41) is 3.08. The molecule has 0 saturated heterocycles. The van der Waals surface area contributed by atoms with Crippen molar-refractivity contribution in [2.24, 2.45) is 0 Å². The normalized spacial score (nSPS) is 11.1. The number of benzene rings is 1. The van der Waals surface area contributed by atoms with Crippen LogP contribution in [0.5, 0.6) is 0 Å². The summed E-state index contributed by atoms with van der Waals surface area (Å²) >= 11 is 5.75. The van der Waals surface area contributed by atoms with Gasteiger partial charge in [-0.05, 0) is 29.8 Å². The second-order valence-corrected chi connectivity index (χ2v) is 7.26. The maximum Gasteiger partial charge on any atom is 0.235 e. The molecule has 0 aliphatic carbocycles. The first-order chi connectivity index (χ1) is 10.4. The van der Waals surface area contributed by atoms with Gasteiger partial charge in [0.1, 0.15) is 5.75 Å². The van der Waals surface area contributed by atoms with Gasteiger partial charge in [0.25, 0.3) is 0 Å². The summed E-state index contributed by atoms with van der Waals surface area (Å²) in [6.45, 7) is 0.205. The van der Waals surface area contributed by atoms with E-state index < -0.39 is 21.5 Å². The van der Waals surface area contributed by atoms with E-state index in [1.54, 1.807) is 48.7 Å². The molecule has 1 aromatic carbocycles. The molecule has 1 N–H and O–H groups in total. The number of aromatic nitrogens is 1. The summed E-state index contributed by atoms with van der Waals surface area (Å²) in [5.41, 5.74) is 1.27. The minimum atomic E-state index is -3.53. The molecule has 2 aromatic rings. The number of nitrogens with one attached hydrogen (secondary N) is 1. The molecule has 1 heterocycles. The monoisotopic (exact) mass is 338 g/mol. The van der Waals surface area contributed by atoms with E-state index in [1.807, 2.05) is 0 Å². The summed E-state index contributed by atoms with van der Waals surface area (Å²) in [5.74, 6) is -1.29. The Morgan fingerprint density at radius 1 is 1.14 bits per heavy atom. The Labute approximate surface area is 134 Å². The highest BCUT2D eigenvalue weighted by molar-refractivity contribution is 7.91. The van der Waals surface area contributed by atoms with Crippen molar-refractivity contribution in [1.82, 2.24) is 10.3 Å². The van der Waals surface area contributed by atoms with Crippen LogP contribution in [0.4, 0.5) is 0 Å². The molecular formula is C15H15ClN2O3S.